The third kappa shape index (κ3) is 4.77. The minimum atomic E-state index is -1.87. The van der Waals surface area contributed by atoms with Crippen molar-refractivity contribution in [2.24, 2.45) is 0 Å². The monoisotopic (exact) mass is 655 g/mol. The van der Waals surface area contributed by atoms with E-state index in [2.05, 4.69) is 0 Å². The highest BCUT2D eigenvalue weighted by molar-refractivity contribution is 6.32. The number of allylic oxidation sites excluding steroid dienone is 8. The van der Waals surface area contributed by atoms with Gasteiger partial charge >= 0.3 is 0 Å². The molecule has 2 heterocycles. The van der Waals surface area contributed by atoms with Crippen LogP contribution in [-0.2, 0) is 10.8 Å². The number of nitrogens with zero attached hydrogens (tertiary/aromatic N) is 2. The molecule has 2 aromatic carbocycles. The zero-order chi connectivity index (χ0) is 33.3. The predicted molar refractivity (Wildman–Crippen MR) is 159 cm³/mol. The summed E-state index contributed by atoms with van der Waals surface area (Å²) in [7, 11) is 0. The van der Waals surface area contributed by atoms with E-state index in [4.69, 9.17) is 11.6 Å². The van der Waals surface area contributed by atoms with E-state index in [1.54, 1.807) is 65.8 Å². The number of hydrogen-bond acceptors (Lipinski definition) is 1. The Kier molecular flexibility index (Phi) is 8.38. The molecular formula is C34H32ClF8N2+. The first-order valence-corrected chi connectivity index (χ1v) is 15.0. The van der Waals surface area contributed by atoms with Crippen LogP contribution in [-0.4, -0.2) is 23.4 Å². The summed E-state index contributed by atoms with van der Waals surface area (Å²) in [6.45, 7) is 10.1. The molecule has 0 amide bonds. The zero-order valence-corrected chi connectivity index (χ0v) is 26.4. The summed E-state index contributed by atoms with van der Waals surface area (Å²) < 4.78 is 118. The molecule has 5 rings (SSSR count). The highest BCUT2D eigenvalue weighted by atomic mass is 35.5. The van der Waals surface area contributed by atoms with Crippen LogP contribution >= 0.6 is 11.6 Å². The van der Waals surface area contributed by atoms with Gasteiger partial charge in [0, 0.05) is 34.3 Å². The van der Waals surface area contributed by atoms with E-state index in [1.165, 1.54) is 9.48 Å². The van der Waals surface area contributed by atoms with Crippen LogP contribution in [0.25, 0.3) is 0 Å². The van der Waals surface area contributed by atoms with E-state index in [-0.39, 0.29) is 35.6 Å². The SMILES string of the molecule is CCN1/C(=C/C=C2\CCCC(/C=C/C3=[N+](CC)c4c(F)c(F)c(F)c(F)c4C3(C)C)=C2Cl)C(C)(C)c2c(F)c(F)c(F)c(F)c21. The molecule has 0 unspecified atom stereocenters. The molecule has 2 nitrogen and oxygen atoms in total. The summed E-state index contributed by atoms with van der Waals surface area (Å²) in [5.41, 5.74) is -1.41. The van der Waals surface area contributed by atoms with Crippen molar-refractivity contribution in [3.63, 3.8) is 0 Å². The van der Waals surface area contributed by atoms with Crippen LogP contribution in [0.1, 0.15) is 71.9 Å². The highest BCUT2D eigenvalue weighted by Gasteiger charge is 2.51. The molecule has 0 fully saturated rings. The van der Waals surface area contributed by atoms with Crippen molar-refractivity contribution in [2.75, 3.05) is 18.0 Å². The van der Waals surface area contributed by atoms with E-state index < -0.39 is 57.4 Å². The molecule has 1 aliphatic carbocycles. The Morgan fingerprint density at radius 3 is 1.89 bits per heavy atom. The van der Waals surface area contributed by atoms with Gasteiger partial charge in [-0.05, 0) is 64.2 Å². The van der Waals surface area contributed by atoms with Crippen molar-refractivity contribution in [3.8, 4) is 0 Å². The van der Waals surface area contributed by atoms with E-state index in [0.29, 0.717) is 46.8 Å². The van der Waals surface area contributed by atoms with Gasteiger partial charge in [-0.25, -0.2) is 30.7 Å². The van der Waals surface area contributed by atoms with Crippen molar-refractivity contribution in [1.82, 2.24) is 0 Å². The van der Waals surface area contributed by atoms with Gasteiger partial charge in [-0.15, -0.1) is 0 Å². The minimum Gasteiger partial charge on any atom is -0.342 e. The lowest BCUT2D eigenvalue weighted by atomic mass is 9.80. The van der Waals surface area contributed by atoms with Gasteiger partial charge in [-0.3, -0.25) is 0 Å². The Hall–Kier alpha value is -3.40. The molecule has 2 aromatic rings. The molecule has 0 saturated heterocycles. The number of rotatable bonds is 5. The predicted octanol–water partition coefficient (Wildman–Crippen LogP) is 10.1. The fourth-order valence-electron chi connectivity index (χ4n) is 6.88. The highest BCUT2D eigenvalue weighted by Crippen LogP contribution is 2.51. The second kappa shape index (κ2) is 11.4. The van der Waals surface area contributed by atoms with Crippen LogP contribution in [0.5, 0.6) is 0 Å². The standard InChI is InChI=1S/C34H32ClF8N2/c1-7-44-18(33(3,4)20-23(36)25(38)27(40)29(42)31(20)44)14-12-16-10-9-11-17(22(16)35)13-15-19-34(5,6)21-24(37)26(39)28(41)30(43)32(21)45(19)8-2/h12-15H,7-11H2,1-6H3/q+1. The van der Waals surface area contributed by atoms with Gasteiger partial charge < -0.3 is 4.90 Å². The Balaban J connectivity index is 1.56. The average molecular weight is 656 g/mol. The molecule has 240 valence electrons. The third-order valence-corrected chi connectivity index (χ3v) is 9.60. The van der Waals surface area contributed by atoms with Crippen molar-refractivity contribution in [3.05, 3.63) is 104 Å². The second-order valence-electron chi connectivity index (χ2n) is 12.4. The molecule has 0 radical (unpaired) electrons. The Bertz CT molecular complexity index is 1800. The normalized spacial score (nSPS) is 20.8. The van der Waals surface area contributed by atoms with Crippen LogP contribution < -0.4 is 4.90 Å². The molecule has 11 heteroatoms. The molecule has 2 aliphatic heterocycles. The molecule has 45 heavy (non-hydrogen) atoms. The molecule has 0 aromatic heterocycles. The number of likely N-dealkylation sites (N-methyl/N-ethyl adjacent to an activating group) is 1. The fraction of sp³-hybridized carbons (Fsp3) is 0.382. The summed E-state index contributed by atoms with van der Waals surface area (Å²) in [5, 5.41) is 0.395. The largest absolute Gasteiger partial charge is 0.342 e. The van der Waals surface area contributed by atoms with Gasteiger partial charge in [-0.2, -0.15) is 8.97 Å². The maximum Gasteiger partial charge on any atom is 0.252 e. The van der Waals surface area contributed by atoms with E-state index in [0.717, 1.165) is 0 Å². The quantitative estimate of drug-likeness (QED) is 0.135. The molecule has 0 bridgehead atoms. The van der Waals surface area contributed by atoms with Crippen molar-refractivity contribution in [2.45, 2.75) is 71.6 Å². The van der Waals surface area contributed by atoms with E-state index in [1.807, 2.05) is 0 Å². The lowest BCUT2D eigenvalue weighted by molar-refractivity contribution is -0.435. The van der Waals surface area contributed by atoms with Crippen molar-refractivity contribution in [1.29, 1.82) is 0 Å². The number of halogens is 9. The average Bonchev–Trinajstić information content (AvgIpc) is 3.37. The molecule has 0 N–H and O–H groups in total. The van der Waals surface area contributed by atoms with Crippen LogP contribution in [0.15, 0.2) is 46.2 Å². The third-order valence-electron chi connectivity index (χ3n) is 9.11. The second-order valence-corrected chi connectivity index (χ2v) is 12.7. The van der Waals surface area contributed by atoms with Gasteiger partial charge in [0.1, 0.15) is 6.54 Å². The number of anilines is 1. The van der Waals surface area contributed by atoms with Gasteiger partial charge in [-0.1, -0.05) is 37.6 Å². The van der Waals surface area contributed by atoms with Crippen LogP contribution in [0.3, 0.4) is 0 Å². The van der Waals surface area contributed by atoms with Crippen molar-refractivity contribution < 1.29 is 39.7 Å². The van der Waals surface area contributed by atoms with Crippen LogP contribution in [0.4, 0.5) is 46.5 Å². The molecule has 3 aliphatic rings. The summed E-state index contributed by atoms with van der Waals surface area (Å²) >= 11 is 6.82. The first-order valence-electron chi connectivity index (χ1n) is 14.7. The van der Waals surface area contributed by atoms with Crippen molar-refractivity contribution >= 4 is 28.7 Å². The maximum absolute atomic E-state index is 15.0. The van der Waals surface area contributed by atoms with Gasteiger partial charge in [0.2, 0.25) is 11.6 Å². The number of hydrogen-bond donors (Lipinski definition) is 0. The summed E-state index contributed by atoms with van der Waals surface area (Å²) in [4.78, 5) is 1.41. The Labute approximate surface area is 261 Å². The van der Waals surface area contributed by atoms with Crippen LogP contribution in [0, 0.1) is 46.5 Å². The molecule has 0 spiro atoms. The number of benzene rings is 2. The van der Waals surface area contributed by atoms with E-state index in [9.17, 15) is 35.1 Å². The lowest BCUT2D eigenvalue weighted by Gasteiger charge is -2.26. The van der Waals surface area contributed by atoms with Gasteiger partial charge in [0.25, 0.3) is 5.69 Å². The summed E-state index contributed by atoms with van der Waals surface area (Å²) in [6.07, 6.45) is 8.51. The molecule has 0 saturated carbocycles. The molecular weight excluding hydrogens is 624 g/mol. The van der Waals surface area contributed by atoms with Gasteiger partial charge in [0.05, 0.1) is 16.7 Å². The maximum atomic E-state index is 15.0. The number of fused-ring (bicyclic) bond motifs is 2. The molecule has 0 atom stereocenters. The Morgan fingerprint density at radius 2 is 1.29 bits per heavy atom. The topological polar surface area (TPSA) is 6.25 Å². The first kappa shape index (κ1) is 33.0. The smallest absolute Gasteiger partial charge is 0.252 e. The lowest BCUT2D eigenvalue weighted by Crippen LogP contribution is -2.28. The summed E-state index contributed by atoms with van der Waals surface area (Å²) in [5.74, 6) is -13.3. The summed E-state index contributed by atoms with van der Waals surface area (Å²) in [6, 6.07) is 0. The van der Waals surface area contributed by atoms with E-state index >= 15 is 0 Å². The minimum absolute atomic E-state index is 0.157. The zero-order valence-electron chi connectivity index (χ0n) is 25.6. The van der Waals surface area contributed by atoms with Gasteiger partial charge in [0.15, 0.2) is 40.6 Å². The Morgan fingerprint density at radius 1 is 0.711 bits per heavy atom. The fourth-order valence-corrected chi connectivity index (χ4v) is 7.20. The van der Waals surface area contributed by atoms with Crippen LogP contribution in [0.2, 0.25) is 0 Å². The first-order chi connectivity index (χ1) is 21.0.